The summed E-state index contributed by atoms with van der Waals surface area (Å²) >= 11 is 0. The van der Waals surface area contributed by atoms with Crippen molar-refractivity contribution in [2.75, 3.05) is 20.8 Å². The van der Waals surface area contributed by atoms with Crippen LogP contribution in [0.2, 0.25) is 0 Å². The molecule has 0 radical (unpaired) electrons. The largest absolute Gasteiger partial charge is 0.493 e. The molecule has 1 aromatic carbocycles. The molecule has 0 saturated carbocycles. The minimum absolute atomic E-state index is 0.105. The summed E-state index contributed by atoms with van der Waals surface area (Å²) in [7, 11) is 2.96. The summed E-state index contributed by atoms with van der Waals surface area (Å²) in [5, 5.41) is 8.88. The maximum atomic E-state index is 12.6. The Bertz CT molecular complexity index is 515. The van der Waals surface area contributed by atoms with Crippen LogP contribution in [0.15, 0.2) is 18.2 Å². The highest BCUT2D eigenvalue weighted by Gasteiger charge is 2.25. The fourth-order valence-corrected chi connectivity index (χ4v) is 2.23. The second-order valence-corrected chi connectivity index (χ2v) is 4.58. The highest BCUT2D eigenvalue weighted by Crippen LogP contribution is 2.31. The van der Waals surface area contributed by atoms with Gasteiger partial charge in [-0.2, -0.15) is 0 Å². The molecule has 1 rings (SSSR count). The molecule has 0 heterocycles. The average Bonchev–Trinajstić information content (AvgIpc) is 2.45. The molecule has 0 bridgehead atoms. The normalized spacial score (nSPS) is 11.6. The van der Waals surface area contributed by atoms with Crippen molar-refractivity contribution in [1.82, 2.24) is 4.90 Å². The quantitative estimate of drug-likeness (QED) is 0.833. The van der Waals surface area contributed by atoms with E-state index in [2.05, 4.69) is 0 Å². The van der Waals surface area contributed by atoms with E-state index >= 15 is 0 Å². The van der Waals surface area contributed by atoms with Crippen LogP contribution in [0.5, 0.6) is 11.5 Å². The maximum absolute atomic E-state index is 12.6. The highest BCUT2D eigenvalue weighted by molar-refractivity contribution is 5.98. The third kappa shape index (κ3) is 3.87. The number of carboxylic acid groups (broad SMARTS) is 1. The van der Waals surface area contributed by atoms with Crippen LogP contribution in [0.4, 0.5) is 0 Å². The summed E-state index contributed by atoms with van der Waals surface area (Å²) in [5.74, 6) is -0.398. The second kappa shape index (κ2) is 7.52. The van der Waals surface area contributed by atoms with Crippen molar-refractivity contribution in [3.8, 4) is 11.5 Å². The Morgan fingerprint density at radius 2 is 1.95 bits per heavy atom. The second-order valence-electron chi connectivity index (χ2n) is 4.58. The summed E-state index contributed by atoms with van der Waals surface area (Å²) in [6.07, 6.45) is -0.105. The van der Waals surface area contributed by atoms with Crippen LogP contribution >= 0.6 is 0 Å². The van der Waals surface area contributed by atoms with Gasteiger partial charge in [0.05, 0.1) is 26.2 Å². The van der Waals surface area contributed by atoms with Gasteiger partial charge in [-0.1, -0.05) is 6.07 Å². The number of carbonyl (C=O) groups is 2. The van der Waals surface area contributed by atoms with Crippen LogP contribution in [-0.4, -0.2) is 48.7 Å². The molecule has 0 aliphatic heterocycles. The molecule has 1 N–H and O–H groups in total. The molecule has 0 saturated heterocycles. The third-order valence-corrected chi connectivity index (χ3v) is 3.24. The van der Waals surface area contributed by atoms with Gasteiger partial charge >= 0.3 is 5.97 Å². The maximum Gasteiger partial charge on any atom is 0.305 e. The van der Waals surface area contributed by atoms with Crippen molar-refractivity contribution in [2.24, 2.45) is 0 Å². The fraction of sp³-hybridized carbons (Fsp3) is 0.467. The number of para-hydroxylation sites is 1. The van der Waals surface area contributed by atoms with Crippen LogP contribution < -0.4 is 9.47 Å². The van der Waals surface area contributed by atoms with Gasteiger partial charge in [0, 0.05) is 12.6 Å². The zero-order valence-corrected chi connectivity index (χ0v) is 12.8. The van der Waals surface area contributed by atoms with E-state index in [1.54, 1.807) is 25.1 Å². The number of carbonyl (C=O) groups excluding carboxylic acids is 1. The van der Waals surface area contributed by atoms with E-state index < -0.39 is 12.0 Å². The van der Waals surface area contributed by atoms with E-state index in [0.29, 0.717) is 23.6 Å². The monoisotopic (exact) mass is 295 g/mol. The van der Waals surface area contributed by atoms with E-state index in [1.165, 1.54) is 19.1 Å². The molecule has 0 spiro atoms. The van der Waals surface area contributed by atoms with Crippen molar-refractivity contribution in [3.05, 3.63) is 23.8 Å². The van der Waals surface area contributed by atoms with Gasteiger partial charge in [0.25, 0.3) is 5.91 Å². The van der Waals surface area contributed by atoms with Gasteiger partial charge in [0.15, 0.2) is 11.5 Å². The van der Waals surface area contributed by atoms with Crippen molar-refractivity contribution in [2.45, 2.75) is 26.3 Å². The number of rotatable bonds is 7. The Balaban J connectivity index is 3.13. The Morgan fingerprint density at radius 3 is 2.43 bits per heavy atom. The lowest BCUT2D eigenvalue weighted by Gasteiger charge is -2.28. The first-order chi connectivity index (χ1) is 9.96. The number of aliphatic carboxylic acids is 1. The smallest absolute Gasteiger partial charge is 0.305 e. The van der Waals surface area contributed by atoms with E-state index in [1.807, 2.05) is 6.92 Å². The first-order valence-corrected chi connectivity index (χ1v) is 6.69. The van der Waals surface area contributed by atoms with Gasteiger partial charge < -0.3 is 19.5 Å². The molecule has 116 valence electrons. The summed E-state index contributed by atoms with van der Waals surface area (Å²) in [6.45, 7) is 3.93. The van der Waals surface area contributed by atoms with Crippen molar-refractivity contribution in [3.63, 3.8) is 0 Å². The van der Waals surface area contributed by atoms with E-state index in [-0.39, 0.29) is 12.3 Å². The van der Waals surface area contributed by atoms with Gasteiger partial charge in [0.2, 0.25) is 0 Å². The number of benzene rings is 1. The van der Waals surface area contributed by atoms with Crippen LogP contribution in [0.1, 0.15) is 30.6 Å². The number of nitrogens with zero attached hydrogens (tertiary/aromatic N) is 1. The average molecular weight is 295 g/mol. The van der Waals surface area contributed by atoms with Crippen molar-refractivity contribution in [1.29, 1.82) is 0 Å². The topological polar surface area (TPSA) is 76.1 Å². The predicted molar refractivity (Wildman–Crippen MR) is 78.0 cm³/mol. The molecule has 0 aromatic heterocycles. The van der Waals surface area contributed by atoms with Gasteiger partial charge in [0.1, 0.15) is 0 Å². The van der Waals surface area contributed by atoms with Crippen LogP contribution in [0, 0.1) is 0 Å². The minimum atomic E-state index is -0.939. The number of carboxylic acids is 1. The summed E-state index contributed by atoms with van der Waals surface area (Å²) < 4.78 is 10.4. The lowest BCUT2D eigenvalue weighted by Crippen LogP contribution is -2.39. The first kappa shape index (κ1) is 16.8. The minimum Gasteiger partial charge on any atom is -0.493 e. The number of methoxy groups -OCH3 is 2. The Kier molecular flexibility index (Phi) is 6.02. The number of amides is 1. The molecule has 6 nitrogen and oxygen atoms in total. The molecule has 1 atom stereocenters. The Morgan fingerprint density at radius 1 is 1.29 bits per heavy atom. The van der Waals surface area contributed by atoms with E-state index in [4.69, 9.17) is 14.6 Å². The van der Waals surface area contributed by atoms with Gasteiger partial charge in [-0.05, 0) is 26.0 Å². The van der Waals surface area contributed by atoms with Crippen LogP contribution in [-0.2, 0) is 4.79 Å². The number of hydrogen-bond acceptors (Lipinski definition) is 4. The van der Waals surface area contributed by atoms with Crippen molar-refractivity contribution < 1.29 is 24.2 Å². The zero-order chi connectivity index (χ0) is 16.0. The predicted octanol–water partition coefficient (Wildman–Crippen LogP) is 2.03. The molecule has 21 heavy (non-hydrogen) atoms. The fourth-order valence-electron chi connectivity index (χ4n) is 2.23. The molecule has 0 fully saturated rings. The Hall–Kier alpha value is -2.24. The highest BCUT2D eigenvalue weighted by atomic mass is 16.5. The molecule has 0 aliphatic rings. The first-order valence-electron chi connectivity index (χ1n) is 6.69. The van der Waals surface area contributed by atoms with E-state index in [0.717, 1.165) is 0 Å². The zero-order valence-electron chi connectivity index (χ0n) is 12.8. The lowest BCUT2D eigenvalue weighted by molar-refractivity contribution is -0.138. The molecule has 0 aliphatic carbocycles. The third-order valence-electron chi connectivity index (χ3n) is 3.24. The summed E-state index contributed by atoms with van der Waals surface area (Å²) in [5.41, 5.74) is 0.357. The van der Waals surface area contributed by atoms with Gasteiger partial charge in [-0.3, -0.25) is 9.59 Å². The lowest BCUT2D eigenvalue weighted by atomic mass is 10.1. The molecule has 1 unspecified atom stereocenters. The molecular formula is C15H21NO5. The summed E-state index contributed by atoms with van der Waals surface area (Å²) in [6, 6.07) is 4.63. The number of ether oxygens (including phenoxy) is 2. The van der Waals surface area contributed by atoms with Crippen molar-refractivity contribution >= 4 is 11.9 Å². The SMILES string of the molecule is CCN(C(=O)c1cccc(OC)c1OC)C(C)CC(=O)O. The van der Waals surface area contributed by atoms with Crippen LogP contribution in [0.25, 0.3) is 0 Å². The molecule has 1 amide bonds. The standard InChI is InChI=1S/C15H21NO5/c1-5-16(10(2)9-13(17)18)15(19)11-7-6-8-12(20-3)14(11)21-4/h6-8,10H,5,9H2,1-4H3,(H,17,18). The summed E-state index contributed by atoms with van der Waals surface area (Å²) in [4.78, 5) is 25.0. The Labute approximate surface area is 124 Å². The van der Waals surface area contributed by atoms with Gasteiger partial charge in [-0.15, -0.1) is 0 Å². The molecule has 1 aromatic rings. The molecular weight excluding hydrogens is 274 g/mol. The van der Waals surface area contributed by atoms with Crippen LogP contribution in [0.3, 0.4) is 0 Å². The molecule has 6 heteroatoms. The number of hydrogen-bond donors (Lipinski definition) is 1. The van der Waals surface area contributed by atoms with E-state index in [9.17, 15) is 9.59 Å². The van der Waals surface area contributed by atoms with Gasteiger partial charge in [-0.25, -0.2) is 0 Å².